The van der Waals surface area contributed by atoms with E-state index in [1.54, 1.807) is 0 Å². The molecule has 0 spiro atoms. The number of benzene rings is 1. The molecule has 0 aromatic heterocycles. The highest BCUT2D eigenvalue weighted by Gasteiger charge is 2.34. The fraction of sp³-hybridized carbons (Fsp3) is 0.364. The minimum atomic E-state index is 0.0775. The number of nitrogens with zero attached hydrogens (tertiary/aromatic N) is 1. The Morgan fingerprint density at radius 3 is 2.43 bits per heavy atom. The van der Waals surface area contributed by atoms with E-state index in [1.807, 2.05) is 30.1 Å². The van der Waals surface area contributed by atoms with Crippen molar-refractivity contribution in [3.8, 4) is 0 Å². The average Bonchev–Trinajstić information content (AvgIpc) is 2.47. The molecule has 0 N–H and O–H groups in total. The van der Waals surface area contributed by atoms with E-state index >= 15 is 0 Å². The quantitative estimate of drug-likeness (QED) is 0.656. The van der Waals surface area contributed by atoms with Gasteiger partial charge in [0.1, 0.15) is 6.10 Å². The predicted octanol–water partition coefficient (Wildman–Crippen LogP) is 2.36. The lowest BCUT2D eigenvalue weighted by molar-refractivity contribution is 0.205. The van der Waals surface area contributed by atoms with Crippen LogP contribution in [0.1, 0.15) is 18.6 Å². The first-order valence-electron chi connectivity index (χ1n) is 4.68. The molecule has 1 aliphatic heterocycles. The molecule has 0 bridgehead atoms. The SMILES string of the molecule is C[C@H]1[C@H](c2ccccc2)OC(=S)N1C. The van der Waals surface area contributed by atoms with Crippen LogP contribution in [0.15, 0.2) is 30.3 Å². The molecule has 1 aliphatic rings. The fourth-order valence-corrected chi connectivity index (χ4v) is 1.92. The average molecular weight is 207 g/mol. The van der Waals surface area contributed by atoms with Gasteiger partial charge in [0.15, 0.2) is 0 Å². The van der Waals surface area contributed by atoms with Crippen molar-refractivity contribution in [1.82, 2.24) is 4.90 Å². The van der Waals surface area contributed by atoms with E-state index in [1.165, 1.54) is 5.56 Å². The van der Waals surface area contributed by atoms with Crippen molar-refractivity contribution in [3.63, 3.8) is 0 Å². The number of ether oxygens (including phenoxy) is 1. The van der Waals surface area contributed by atoms with Crippen molar-refractivity contribution >= 4 is 17.4 Å². The van der Waals surface area contributed by atoms with E-state index in [9.17, 15) is 0 Å². The van der Waals surface area contributed by atoms with Gasteiger partial charge in [-0.05, 0) is 24.7 Å². The van der Waals surface area contributed by atoms with Crippen molar-refractivity contribution in [2.75, 3.05) is 7.05 Å². The number of rotatable bonds is 1. The second-order valence-electron chi connectivity index (χ2n) is 3.57. The maximum Gasteiger partial charge on any atom is 0.260 e. The Labute approximate surface area is 89.5 Å². The molecule has 0 aliphatic carbocycles. The van der Waals surface area contributed by atoms with Gasteiger partial charge in [0, 0.05) is 7.05 Å². The highest BCUT2D eigenvalue weighted by atomic mass is 32.1. The van der Waals surface area contributed by atoms with Gasteiger partial charge in [0.2, 0.25) is 0 Å². The summed E-state index contributed by atoms with van der Waals surface area (Å²) in [5.41, 5.74) is 1.19. The number of thiocarbonyl (C=S) groups is 1. The highest BCUT2D eigenvalue weighted by molar-refractivity contribution is 7.80. The Bertz CT molecular complexity index is 338. The van der Waals surface area contributed by atoms with Crippen LogP contribution in [0.5, 0.6) is 0 Å². The molecule has 14 heavy (non-hydrogen) atoms. The second kappa shape index (κ2) is 3.58. The van der Waals surface area contributed by atoms with Crippen LogP contribution in [-0.2, 0) is 4.74 Å². The maximum absolute atomic E-state index is 5.63. The van der Waals surface area contributed by atoms with E-state index in [2.05, 4.69) is 19.1 Å². The van der Waals surface area contributed by atoms with E-state index in [4.69, 9.17) is 17.0 Å². The molecule has 1 aromatic carbocycles. The molecule has 0 amide bonds. The molecule has 3 heteroatoms. The Hall–Kier alpha value is -1.09. The van der Waals surface area contributed by atoms with Gasteiger partial charge >= 0.3 is 0 Å². The van der Waals surface area contributed by atoms with Crippen LogP contribution in [0.2, 0.25) is 0 Å². The normalized spacial score (nSPS) is 26.4. The summed E-state index contributed by atoms with van der Waals surface area (Å²) in [6.07, 6.45) is 0.0775. The first kappa shape index (κ1) is 9.46. The first-order chi connectivity index (χ1) is 6.70. The fourth-order valence-electron chi connectivity index (χ4n) is 1.65. The minimum absolute atomic E-state index is 0.0775. The van der Waals surface area contributed by atoms with Crippen LogP contribution in [-0.4, -0.2) is 23.2 Å². The van der Waals surface area contributed by atoms with Crippen LogP contribution >= 0.6 is 12.2 Å². The van der Waals surface area contributed by atoms with Gasteiger partial charge in [-0.25, -0.2) is 0 Å². The Morgan fingerprint density at radius 1 is 1.29 bits per heavy atom. The summed E-state index contributed by atoms with van der Waals surface area (Å²) < 4.78 is 5.63. The summed E-state index contributed by atoms with van der Waals surface area (Å²) in [4.78, 5) is 1.99. The second-order valence-corrected chi connectivity index (χ2v) is 3.92. The molecule has 1 fully saturated rings. The largest absolute Gasteiger partial charge is 0.461 e. The smallest absolute Gasteiger partial charge is 0.260 e. The molecule has 74 valence electrons. The predicted molar refractivity (Wildman–Crippen MR) is 60.1 cm³/mol. The third-order valence-corrected chi connectivity index (χ3v) is 3.08. The zero-order chi connectivity index (χ0) is 10.1. The molecular weight excluding hydrogens is 194 g/mol. The van der Waals surface area contributed by atoms with Gasteiger partial charge in [-0.15, -0.1) is 0 Å². The summed E-state index contributed by atoms with van der Waals surface area (Å²) in [5, 5.41) is 0.589. The molecule has 0 saturated carbocycles. The maximum atomic E-state index is 5.63. The van der Waals surface area contributed by atoms with E-state index in [0.717, 1.165) is 0 Å². The lowest BCUT2D eigenvalue weighted by Crippen LogP contribution is -2.27. The van der Waals surface area contributed by atoms with Gasteiger partial charge in [0.05, 0.1) is 6.04 Å². The van der Waals surface area contributed by atoms with Gasteiger partial charge in [-0.3, -0.25) is 0 Å². The van der Waals surface area contributed by atoms with Crippen molar-refractivity contribution in [3.05, 3.63) is 35.9 Å². The summed E-state index contributed by atoms with van der Waals surface area (Å²) in [7, 11) is 1.97. The summed E-state index contributed by atoms with van der Waals surface area (Å²) >= 11 is 5.10. The third-order valence-electron chi connectivity index (χ3n) is 2.69. The molecule has 2 nitrogen and oxygen atoms in total. The summed E-state index contributed by atoms with van der Waals surface area (Å²) in [5.74, 6) is 0. The van der Waals surface area contributed by atoms with Crippen molar-refractivity contribution < 1.29 is 4.74 Å². The van der Waals surface area contributed by atoms with Crippen molar-refractivity contribution in [2.45, 2.75) is 19.1 Å². The summed E-state index contributed by atoms with van der Waals surface area (Å²) in [6, 6.07) is 10.5. The monoisotopic (exact) mass is 207 g/mol. The van der Waals surface area contributed by atoms with E-state index < -0.39 is 0 Å². The molecule has 1 heterocycles. The molecule has 2 atom stereocenters. The van der Waals surface area contributed by atoms with E-state index in [-0.39, 0.29) is 6.10 Å². The van der Waals surface area contributed by atoms with Crippen LogP contribution in [0.25, 0.3) is 0 Å². The van der Waals surface area contributed by atoms with Crippen molar-refractivity contribution in [2.24, 2.45) is 0 Å². The van der Waals surface area contributed by atoms with Gasteiger partial charge in [-0.1, -0.05) is 30.3 Å². The molecule has 1 aromatic rings. The molecule has 0 unspecified atom stereocenters. The molecule has 0 radical (unpaired) electrons. The first-order valence-corrected chi connectivity index (χ1v) is 5.09. The Kier molecular flexibility index (Phi) is 2.42. The van der Waals surface area contributed by atoms with Crippen LogP contribution in [0.3, 0.4) is 0 Å². The van der Waals surface area contributed by atoms with Crippen molar-refractivity contribution in [1.29, 1.82) is 0 Å². The Morgan fingerprint density at radius 2 is 1.93 bits per heavy atom. The summed E-state index contributed by atoms with van der Waals surface area (Å²) in [6.45, 7) is 2.12. The Balaban J connectivity index is 2.26. The highest BCUT2D eigenvalue weighted by Crippen LogP contribution is 2.30. The number of hydrogen-bond acceptors (Lipinski definition) is 2. The van der Waals surface area contributed by atoms with Crippen LogP contribution in [0, 0.1) is 0 Å². The lowest BCUT2D eigenvalue weighted by Gasteiger charge is -2.17. The van der Waals surface area contributed by atoms with Crippen LogP contribution in [0.4, 0.5) is 0 Å². The van der Waals surface area contributed by atoms with E-state index in [0.29, 0.717) is 11.2 Å². The number of likely N-dealkylation sites (N-methyl/N-ethyl adjacent to an activating group) is 1. The molecular formula is C11H13NOS. The van der Waals surface area contributed by atoms with Crippen LogP contribution < -0.4 is 0 Å². The van der Waals surface area contributed by atoms with Gasteiger partial charge < -0.3 is 9.64 Å². The third kappa shape index (κ3) is 1.48. The minimum Gasteiger partial charge on any atom is -0.461 e. The lowest BCUT2D eigenvalue weighted by atomic mass is 10.0. The zero-order valence-corrected chi connectivity index (χ0v) is 9.12. The molecule has 1 saturated heterocycles. The molecule has 2 rings (SSSR count). The topological polar surface area (TPSA) is 12.5 Å². The van der Waals surface area contributed by atoms with Gasteiger partial charge in [-0.2, -0.15) is 0 Å². The zero-order valence-electron chi connectivity index (χ0n) is 8.31. The standard InChI is InChI=1S/C11H13NOS/c1-8-10(13-11(14)12(8)2)9-6-4-3-5-7-9/h3-8,10H,1-2H3/t8-,10+/m0/s1. The number of hydrogen-bond donors (Lipinski definition) is 0. The van der Waals surface area contributed by atoms with Gasteiger partial charge in [0.25, 0.3) is 5.17 Å².